The van der Waals surface area contributed by atoms with Crippen molar-refractivity contribution in [2.24, 2.45) is 0 Å². The van der Waals surface area contributed by atoms with Gasteiger partial charge in [-0.1, -0.05) is 30.3 Å². The molecule has 1 atom stereocenters. The van der Waals surface area contributed by atoms with Gasteiger partial charge in [0.05, 0.1) is 11.1 Å². The lowest BCUT2D eigenvalue weighted by Gasteiger charge is -2.14. The molecule has 120 valence electrons. The van der Waals surface area contributed by atoms with Gasteiger partial charge in [0.2, 0.25) is 0 Å². The fourth-order valence-corrected chi connectivity index (χ4v) is 1.94. The van der Waals surface area contributed by atoms with Gasteiger partial charge in [-0.15, -0.1) is 0 Å². The molecule has 0 heterocycles. The third-order valence-electron chi connectivity index (χ3n) is 3.09. The second kappa shape index (κ2) is 7.95. The number of aliphatic hydroxyl groups excluding tert-OH is 1. The first-order valence-electron chi connectivity index (χ1n) is 7.04. The van der Waals surface area contributed by atoms with Crippen LogP contribution in [0.2, 0.25) is 0 Å². The van der Waals surface area contributed by atoms with E-state index < -0.39 is 18.0 Å². The fourth-order valence-electron chi connectivity index (χ4n) is 1.94. The molecular formula is C17H17NO5. The number of carbonyl (C=O) groups is 2. The highest BCUT2D eigenvalue weighted by atomic mass is 16.5. The summed E-state index contributed by atoms with van der Waals surface area (Å²) in [5.41, 5.74) is -0.0313. The van der Waals surface area contributed by atoms with Crippen LogP contribution in [0.3, 0.4) is 0 Å². The summed E-state index contributed by atoms with van der Waals surface area (Å²) in [5.74, 6) is -1.11. The van der Waals surface area contributed by atoms with Crippen LogP contribution in [0.4, 0.5) is 0 Å². The van der Waals surface area contributed by atoms with Gasteiger partial charge < -0.3 is 20.3 Å². The minimum absolute atomic E-state index is 0.0187. The number of hydrogen-bond donors (Lipinski definition) is 3. The summed E-state index contributed by atoms with van der Waals surface area (Å²) < 4.78 is 5.37. The summed E-state index contributed by atoms with van der Waals surface area (Å²) in [6.07, 6.45) is -0.906. The number of aromatic carboxylic acids is 1. The van der Waals surface area contributed by atoms with Gasteiger partial charge in [0, 0.05) is 6.54 Å². The van der Waals surface area contributed by atoms with Crippen LogP contribution in [-0.2, 0) is 0 Å². The lowest BCUT2D eigenvalue weighted by molar-refractivity contribution is 0.0689. The molecule has 2 rings (SSSR count). The normalized spacial score (nSPS) is 11.5. The Bertz CT molecular complexity index is 672. The SMILES string of the molecule is O=C(O)c1ccccc1C(=O)NCC(O)COc1ccccc1. The first-order valence-corrected chi connectivity index (χ1v) is 7.04. The summed E-state index contributed by atoms with van der Waals surface area (Å²) in [4.78, 5) is 23.1. The number of benzene rings is 2. The maximum atomic E-state index is 12.0. The smallest absolute Gasteiger partial charge is 0.336 e. The molecule has 0 fully saturated rings. The minimum Gasteiger partial charge on any atom is -0.491 e. The van der Waals surface area contributed by atoms with E-state index in [-0.39, 0.29) is 24.3 Å². The zero-order chi connectivity index (χ0) is 16.7. The van der Waals surface area contributed by atoms with E-state index in [0.717, 1.165) is 0 Å². The molecule has 1 unspecified atom stereocenters. The van der Waals surface area contributed by atoms with Crippen LogP contribution in [-0.4, -0.2) is 41.3 Å². The van der Waals surface area contributed by atoms with Crippen LogP contribution in [0.1, 0.15) is 20.7 Å². The molecular weight excluding hydrogens is 298 g/mol. The summed E-state index contributed by atoms with van der Waals surface area (Å²) in [7, 11) is 0. The number of nitrogens with one attached hydrogen (secondary N) is 1. The van der Waals surface area contributed by atoms with Gasteiger partial charge in [0.25, 0.3) is 5.91 Å². The van der Waals surface area contributed by atoms with E-state index in [2.05, 4.69) is 5.32 Å². The summed E-state index contributed by atoms with van der Waals surface area (Å²) in [5, 5.41) is 21.4. The van der Waals surface area contributed by atoms with Crippen LogP contribution in [0.15, 0.2) is 54.6 Å². The highest BCUT2D eigenvalue weighted by Crippen LogP contribution is 2.10. The predicted octanol–water partition coefficient (Wildman–Crippen LogP) is 1.55. The lowest BCUT2D eigenvalue weighted by Crippen LogP contribution is -2.35. The van der Waals surface area contributed by atoms with E-state index in [1.54, 1.807) is 24.3 Å². The van der Waals surface area contributed by atoms with Crippen LogP contribution in [0.5, 0.6) is 5.75 Å². The Morgan fingerprint density at radius 3 is 2.26 bits per heavy atom. The van der Waals surface area contributed by atoms with Crippen LogP contribution in [0, 0.1) is 0 Å². The topological polar surface area (TPSA) is 95.9 Å². The molecule has 0 saturated heterocycles. The molecule has 23 heavy (non-hydrogen) atoms. The number of carboxylic acid groups (broad SMARTS) is 1. The number of hydrogen-bond acceptors (Lipinski definition) is 4. The number of carboxylic acids is 1. The lowest BCUT2D eigenvalue weighted by atomic mass is 10.1. The van der Waals surface area contributed by atoms with Crippen LogP contribution >= 0.6 is 0 Å². The third kappa shape index (κ3) is 4.82. The van der Waals surface area contributed by atoms with Crippen molar-refractivity contribution in [1.82, 2.24) is 5.32 Å². The van der Waals surface area contributed by atoms with Gasteiger partial charge in [0.1, 0.15) is 18.5 Å². The van der Waals surface area contributed by atoms with E-state index in [4.69, 9.17) is 9.84 Å². The van der Waals surface area contributed by atoms with Gasteiger partial charge in [-0.2, -0.15) is 0 Å². The largest absolute Gasteiger partial charge is 0.491 e. The number of ether oxygens (including phenoxy) is 1. The number of para-hydroxylation sites is 1. The summed E-state index contributed by atoms with van der Waals surface area (Å²) in [6, 6.07) is 14.9. The standard InChI is InChI=1S/C17H17NO5/c19-12(11-23-13-6-2-1-3-7-13)10-18-16(20)14-8-4-5-9-15(14)17(21)22/h1-9,12,19H,10-11H2,(H,18,20)(H,21,22). The van der Waals surface area contributed by atoms with Crippen molar-refractivity contribution in [3.05, 3.63) is 65.7 Å². The van der Waals surface area contributed by atoms with E-state index in [1.807, 2.05) is 18.2 Å². The number of carbonyl (C=O) groups excluding carboxylic acids is 1. The first-order chi connectivity index (χ1) is 11.1. The number of aliphatic hydroxyl groups is 1. The molecule has 0 aliphatic heterocycles. The summed E-state index contributed by atoms with van der Waals surface area (Å²) in [6.45, 7) is -0.0233. The van der Waals surface area contributed by atoms with Crippen LogP contribution < -0.4 is 10.1 Å². The average molecular weight is 315 g/mol. The average Bonchev–Trinajstić information content (AvgIpc) is 2.58. The van der Waals surface area contributed by atoms with Gasteiger partial charge in [-0.3, -0.25) is 4.79 Å². The molecule has 0 aromatic heterocycles. The Kier molecular flexibility index (Phi) is 5.71. The second-order valence-corrected chi connectivity index (χ2v) is 4.84. The molecule has 0 radical (unpaired) electrons. The van der Waals surface area contributed by atoms with E-state index in [9.17, 15) is 14.7 Å². The quantitative estimate of drug-likeness (QED) is 0.720. The predicted molar refractivity (Wildman–Crippen MR) is 83.7 cm³/mol. The monoisotopic (exact) mass is 315 g/mol. The number of amides is 1. The Hall–Kier alpha value is -2.86. The van der Waals surface area contributed by atoms with Gasteiger partial charge in [-0.25, -0.2) is 4.79 Å². The van der Waals surface area contributed by atoms with E-state index in [1.165, 1.54) is 12.1 Å². The number of rotatable bonds is 7. The molecule has 2 aromatic rings. The molecule has 0 aliphatic carbocycles. The first kappa shape index (κ1) is 16.5. The van der Waals surface area contributed by atoms with E-state index >= 15 is 0 Å². The fraction of sp³-hybridized carbons (Fsp3) is 0.176. The second-order valence-electron chi connectivity index (χ2n) is 4.84. The van der Waals surface area contributed by atoms with E-state index in [0.29, 0.717) is 5.75 Å². The Morgan fingerprint density at radius 2 is 1.61 bits per heavy atom. The van der Waals surface area contributed by atoms with Crippen molar-refractivity contribution in [2.45, 2.75) is 6.10 Å². The van der Waals surface area contributed by atoms with Crippen molar-refractivity contribution in [1.29, 1.82) is 0 Å². The van der Waals surface area contributed by atoms with Crippen molar-refractivity contribution < 1.29 is 24.5 Å². The molecule has 2 aromatic carbocycles. The molecule has 0 aliphatic rings. The minimum atomic E-state index is -1.18. The van der Waals surface area contributed by atoms with Crippen molar-refractivity contribution in [3.63, 3.8) is 0 Å². The molecule has 0 spiro atoms. The van der Waals surface area contributed by atoms with Crippen molar-refractivity contribution in [3.8, 4) is 5.75 Å². The molecule has 6 heteroatoms. The zero-order valence-electron chi connectivity index (χ0n) is 12.3. The molecule has 3 N–H and O–H groups in total. The van der Waals surface area contributed by atoms with Gasteiger partial charge in [-0.05, 0) is 24.3 Å². The Labute approximate surface area is 133 Å². The zero-order valence-corrected chi connectivity index (χ0v) is 12.3. The Morgan fingerprint density at radius 1 is 1.00 bits per heavy atom. The van der Waals surface area contributed by atoms with Gasteiger partial charge in [0.15, 0.2) is 0 Å². The maximum absolute atomic E-state index is 12.0. The van der Waals surface area contributed by atoms with Gasteiger partial charge >= 0.3 is 5.97 Å². The van der Waals surface area contributed by atoms with Crippen LogP contribution in [0.25, 0.3) is 0 Å². The Balaban J connectivity index is 1.85. The molecule has 0 bridgehead atoms. The third-order valence-corrected chi connectivity index (χ3v) is 3.09. The summed E-state index contributed by atoms with van der Waals surface area (Å²) >= 11 is 0. The highest BCUT2D eigenvalue weighted by molar-refractivity contribution is 6.04. The van der Waals surface area contributed by atoms with Crippen molar-refractivity contribution in [2.75, 3.05) is 13.2 Å². The highest BCUT2D eigenvalue weighted by Gasteiger charge is 2.16. The van der Waals surface area contributed by atoms with Crippen molar-refractivity contribution >= 4 is 11.9 Å². The molecule has 0 saturated carbocycles. The maximum Gasteiger partial charge on any atom is 0.336 e. The molecule has 6 nitrogen and oxygen atoms in total. The molecule has 1 amide bonds.